The monoisotopic (exact) mass is 416 g/mol. The second kappa shape index (κ2) is 8.63. The van der Waals surface area contributed by atoms with Crippen LogP contribution in [0.15, 0.2) is 39.9 Å². The summed E-state index contributed by atoms with van der Waals surface area (Å²) in [5.41, 5.74) is 0.929. The Balaban J connectivity index is 1.99. The van der Waals surface area contributed by atoms with Crippen LogP contribution >= 0.6 is 22.9 Å². The van der Waals surface area contributed by atoms with Crippen LogP contribution in [0.4, 0.5) is 5.69 Å². The Morgan fingerprint density at radius 1 is 1.27 bits per heavy atom. The van der Waals surface area contributed by atoms with E-state index in [-0.39, 0.29) is 22.0 Å². The fourth-order valence-electron chi connectivity index (χ4n) is 1.91. The van der Waals surface area contributed by atoms with E-state index in [0.717, 1.165) is 9.87 Å². The number of ether oxygens (including phenoxy) is 1. The average Bonchev–Trinajstić information content (AvgIpc) is 3.07. The Labute approximate surface area is 160 Å². The van der Waals surface area contributed by atoms with Gasteiger partial charge in [0.15, 0.2) is 6.61 Å². The van der Waals surface area contributed by atoms with Gasteiger partial charge in [0.25, 0.3) is 5.91 Å². The van der Waals surface area contributed by atoms with Gasteiger partial charge < -0.3 is 10.1 Å². The molecule has 2 aromatic rings. The summed E-state index contributed by atoms with van der Waals surface area (Å²) < 4.78 is 30.3. The first-order valence-electron chi connectivity index (χ1n) is 7.39. The third-order valence-corrected chi connectivity index (χ3v) is 6.16. The number of rotatable bonds is 7. The fourth-order valence-corrected chi connectivity index (χ4v) is 3.68. The zero-order valence-corrected chi connectivity index (χ0v) is 16.5. The summed E-state index contributed by atoms with van der Waals surface area (Å²) in [5, 5.41) is 6.27. The number of anilines is 1. The molecule has 0 radical (unpaired) electrons. The van der Waals surface area contributed by atoms with Gasteiger partial charge in [-0.15, -0.1) is 0 Å². The minimum absolute atomic E-state index is 0.0170. The van der Waals surface area contributed by atoms with Crippen LogP contribution in [-0.4, -0.2) is 45.3 Å². The lowest BCUT2D eigenvalue weighted by atomic mass is 10.2. The SMILES string of the molecule is CN(C)S(=O)(=O)c1ccc(Cl)c(NC(=O)COC(=O)Cc2ccsc2)c1. The van der Waals surface area contributed by atoms with Crippen LogP contribution < -0.4 is 5.32 Å². The summed E-state index contributed by atoms with van der Waals surface area (Å²) in [6.45, 7) is -0.496. The number of nitrogens with one attached hydrogen (secondary N) is 1. The Hall–Kier alpha value is -1.94. The molecule has 26 heavy (non-hydrogen) atoms. The van der Waals surface area contributed by atoms with E-state index in [4.69, 9.17) is 16.3 Å². The lowest BCUT2D eigenvalue weighted by molar-refractivity contribution is -0.146. The number of amides is 1. The van der Waals surface area contributed by atoms with Gasteiger partial charge in [0.05, 0.1) is 22.0 Å². The van der Waals surface area contributed by atoms with E-state index in [1.807, 2.05) is 10.8 Å². The van der Waals surface area contributed by atoms with Gasteiger partial charge in [-0.3, -0.25) is 9.59 Å². The molecule has 0 bridgehead atoms. The summed E-state index contributed by atoms with van der Waals surface area (Å²) in [7, 11) is -0.872. The molecule has 0 aliphatic heterocycles. The number of hydrogen-bond donors (Lipinski definition) is 1. The summed E-state index contributed by atoms with van der Waals surface area (Å²) in [6.07, 6.45) is 0.0775. The average molecular weight is 417 g/mol. The molecule has 140 valence electrons. The number of sulfonamides is 1. The molecule has 1 heterocycles. The van der Waals surface area contributed by atoms with Crippen molar-refractivity contribution in [3.8, 4) is 0 Å². The number of carbonyl (C=O) groups excluding carboxylic acids is 2. The molecule has 0 saturated carbocycles. The van der Waals surface area contributed by atoms with Crippen molar-refractivity contribution in [2.24, 2.45) is 0 Å². The Kier molecular flexibility index (Phi) is 6.76. The zero-order valence-electron chi connectivity index (χ0n) is 14.1. The lowest BCUT2D eigenvalue weighted by Crippen LogP contribution is -2.23. The van der Waals surface area contributed by atoms with Crippen molar-refractivity contribution in [2.45, 2.75) is 11.3 Å². The first-order valence-corrected chi connectivity index (χ1v) is 10.1. The highest BCUT2D eigenvalue weighted by molar-refractivity contribution is 7.89. The van der Waals surface area contributed by atoms with Gasteiger partial charge in [-0.05, 0) is 40.6 Å². The van der Waals surface area contributed by atoms with Gasteiger partial charge in [0.2, 0.25) is 10.0 Å². The van der Waals surface area contributed by atoms with Gasteiger partial charge in [0, 0.05) is 14.1 Å². The highest BCUT2D eigenvalue weighted by Crippen LogP contribution is 2.26. The molecule has 0 unspecified atom stereocenters. The molecule has 7 nitrogen and oxygen atoms in total. The maximum atomic E-state index is 12.1. The van der Waals surface area contributed by atoms with E-state index < -0.39 is 28.5 Å². The van der Waals surface area contributed by atoms with E-state index in [1.54, 1.807) is 6.07 Å². The van der Waals surface area contributed by atoms with Gasteiger partial charge in [-0.25, -0.2) is 12.7 Å². The van der Waals surface area contributed by atoms with Crippen molar-refractivity contribution < 1.29 is 22.7 Å². The maximum Gasteiger partial charge on any atom is 0.310 e. The van der Waals surface area contributed by atoms with E-state index in [9.17, 15) is 18.0 Å². The lowest BCUT2D eigenvalue weighted by Gasteiger charge is -2.14. The van der Waals surface area contributed by atoms with Crippen LogP contribution in [0.3, 0.4) is 0 Å². The molecule has 0 atom stereocenters. The summed E-state index contributed by atoms with van der Waals surface area (Å²) in [6, 6.07) is 5.76. The molecule has 10 heteroatoms. The van der Waals surface area contributed by atoms with Crippen molar-refractivity contribution in [1.82, 2.24) is 4.31 Å². The van der Waals surface area contributed by atoms with Crippen molar-refractivity contribution in [3.63, 3.8) is 0 Å². The molecule has 0 fully saturated rings. The highest BCUT2D eigenvalue weighted by atomic mass is 35.5. The van der Waals surface area contributed by atoms with Crippen LogP contribution in [0.25, 0.3) is 0 Å². The Bertz CT molecular complexity index is 895. The van der Waals surface area contributed by atoms with Crippen molar-refractivity contribution in [2.75, 3.05) is 26.0 Å². The van der Waals surface area contributed by atoms with Crippen LogP contribution in [0.5, 0.6) is 0 Å². The molecule has 1 aromatic heterocycles. The van der Waals surface area contributed by atoms with Crippen LogP contribution in [0.1, 0.15) is 5.56 Å². The molecule has 0 spiro atoms. The van der Waals surface area contributed by atoms with E-state index in [1.165, 1.54) is 43.6 Å². The number of halogens is 1. The number of carbonyl (C=O) groups is 2. The molecule has 0 aliphatic rings. The third-order valence-electron chi connectivity index (χ3n) is 3.28. The van der Waals surface area contributed by atoms with Crippen LogP contribution in [0, 0.1) is 0 Å². The maximum absolute atomic E-state index is 12.1. The second-order valence-electron chi connectivity index (χ2n) is 5.45. The van der Waals surface area contributed by atoms with Gasteiger partial charge in [-0.2, -0.15) is 11.3 Å². The predicted octanol–water partition coefficient (Wildman–Crippen LogP) is 2.38. The highest BCUT2D eigenvalue weighted by Gasteiger charge is 2.19. The first kappa shape index (κ1) is 20.4. The fraction of sp³-hybridized carbons (Fsp3) is 0.250. The topological polar surface area (TPSA) is 92.8 Å². The molecule has 0 saturated heterocycles. The largest absolute Gasteiger partial charge is 0.455 e. The molecule has 1 aromatic carbocycles. The first-order chi connectivity index (χ1) is 12.2. The molecule has 2 rings (SSSR count). The van der Waals surface area contributed by atoms with Gasteiger partial charge in [0.1, 0.15) is 0 Å². The molecule has 1 amide bonds. The smallest absolute Gasteiger partial charge is 0.310 e. The number of benzene rings is 1. The minimum Gasteiger partial charge on any atom is -0.455 e. The number of thiophene rings is 1. The number of nitrogens with zero attached hydrogens (tertiary/aromatic N) is 1. The van der Waals surface area contributed by atoms with E-state index in [0.29, 0.717) is 0 Å². The predicted molar refractivity (Wildman–Crippen MR) is 99.9 cm³/mol. The minimum atomic E-state index is -3.67. The third kappa shape index (κ3) is 5.28. The van der Waals surface area contributed by atoms with Crippen molar-refractivity contribution >= 4 is 50.5 Å². The summed E-state index contributed by atoms with van der Waals surface area (Å²) in [4.78, 5) is 23.6. The molecular formula is C16H17ClN2O5S2. The van der Waals surface area contributed by atoms with Crippen LogP contribution in [0.2, 0.25) is 5.02 Å². The van der Waals surface area contributed by atoms with E-state index >= 15 is 0 Å². The number of hydrogen-bond acceptors (Lipinski definition) is 6. The quantitative estimate of drug-likeness (QED) is 0.699. The van der Waals surface area contributed by atoms with Crippen molar-refractivity contribution in [1.29, 1.82) is 0 Å². The standard InChI is InChI=1S/C16H17ClN2O5S2/c1-19(2)26(22,23)12-3-4-13(17)14(8-12)18-15(20)9-24-16(21)7-11-5-6-25-10-11/h3-6,8,10H,7,9H2,1-2H3,(H,18,20). The number of esters is 1. The van der Waals surface area contributed by atoms with Gasteiger partial charge in [-0.1, -0.05) is 11.6 Å². The molecule has 1 N–H and O–H groups in total. The summed E-state index contributed by atoms with van der Waals surface area (Å²) in [5.74, 6) is -1.15. The molecular weight excluding hydrogens is 400 g/mol. The zero-order chi connectivity index (χ0) is 19.3. The van der Waals surface area contributed by atoms with Crippen molar-refractivity contribution in [3.05, 3.63) is 45.6 Å². The summed E-state index contributed by atoms with van der Waals surface area (Å²) >= 11 is 7.46. The van der Waals surface area contributed by atoms with E-state index in [2.05, 4.69) is 5.32 Å². The van der Waals surface area contributed by atoms with Gasteiger partial charge >= 0.3 is 5.97 Å². The Morgan fingerprint density at radius 3 is 2.62 bits per heavy atom. The normalized spacial score (nSPS) is 11.4. The Morgan fingerprint density at radius 2 is 2.00 bits per heavy atom. The van der Waals surface area contributed by atoms with Crippen LogP contribution in [-0.2, 0) is 30.8 Å². The second-order valence-corrected chi connectivity index (χ2v) is 8.79. The molecule has 0 aliphatic carbocycles.